The van der Waals surface area contributed by atoms with Gasteiger partial charge in [0.25, 0.3) is 0 Å². The molecule has 0 saturated heterocycles. The number of aromatic amines is 1. The van der Waals surface area contributed by atoms with Crippen LogP contribution >= 0.6 is 0 Å². The molecule has 0 spiro atoms. The lowest BCUT2D eigenvalue weighted by molar-refractivity contribution is -0.156. The number of hydrogen-bond donors (Lipinski definition) is 4. The van der Waals surface area contributed by atoms with Gasteiger partial charge in [0.2, 0.25) is 0 Å². The van der Waals surface area contributed by atoms with E-state index in [1.807, 2.05) is 0 Å². The number of carbonyl (C=O) groups is 2. The molecule has 0 radical (unpaired) electrons. The second-order valence-electron chi connectivity index (χ2n) is 4.18. The van der Waals surface area contributed by atoms with Crippen LogP contribution in [0.25, 0.3) is 10.9 Å². The third kappa shape index (κ3) is 2.24. The minimum absolute atomic E-state index is 0.0500. The third-order valence-electron chi connectivity index (χ3n) is 3.00. The zero-order valence-electron chi connectivity index (χ0n) is 10.5. The average Bonchev–Trinajstić information content (AvgIpc) is 2.84. The Balaban J connectivity index is 2.59. The smallest absolute Gasteiger partial charge is 0.352 e. The number of esters is 1. The number of rotatable bonds is 4. The number of ether oxygens (including phenoxy) is 1. The Morgan fingerprint density at radius 3 is 2.50 bits per heavy atom. The summed E-state index contributed by atoms with van der Waals surface area (Å²) in [4.78, 5) is 25.1. The number of aromatic carboxylic acids is 1. The molecular formula is C13H13NO6. The molecule has 2 unspecified atom stereocenters. The van der Waals surface area contributed by atoms with E-state index in [-0.39, 0.29) is 11.3 Å². The summed E-state index contributed by atoms with van der Waals surface area (Å²) in [5.41, 5.74) is 0.156. The van der Waals surface area contributed by atoms with Crippen molar-refractivity contribution in [2.24, 2.45) is 0 Å². The highest BCUT2D eigenvalue weighted by atomic mass is 16.5. The van der Waals surface area contributed by atoms with Crippen molar-refractivity contribution in [3.63, 3.8) is 0 Å². The number of aliphatic hydroxyl groups excluding tert-OH is 2. The minimum Gasteiger partial charge on any atom is -0.477 e. The fourth-order valence-corrected chi connectivity index (χ4v) is 2.05. The lowest BCUT2D eigenvalue weighted by Gasteiger charge is -2.16. The molecule has 0 aliphatic carbocycles. The lowest BCUT2D eigenvalue weighted by Crippen LogP contribution is -2.29. The van der Waals surface area contributed by atoms with E-state index < -0.39 is 24.1 Å². The van der Waals surface area contributed by atoms with Crippen LogP contribution in [-0.2, 0) is 9.53 Å². The molecule has 0 bridgehead atoms. The summed E-state index contributed by atoms with van der Waals surface area (Å²) in [6.07, 6.45) is -3.57. The number of H-pyrrole nitrogens is 1. The van der Waals surface area contributed by atoms with Crippen molar-refractivity contribution in [2.45, 2.75) is 12.2 Å². The van der Waals surface area contributed by atoms with E-state index in [1.54, 1.807) is 24.3 Å². The summed E-state index contributed by atoms with van der Waals surface area (Å²) in [6, 6.07) is 6.56. The van der Waals surface area contributed by atoms with Crippen molar-refractivity contribution in [2.75, 3.05) is 7.11 Å². The molecule has 1 aromatic heterocycles. The van der Waals surface area contributed by atoms with Crippen molar-refractivity contribution in [1.29, 1.82) is 0 Å². The predicted molar refractivity (Wildman–Crippen MR) is 68.2 cm³/mol. The summed E-state index contributed by atoms with van der Waals surface area (Å²) in [5.74, 6) is -2.34. The third-order valence-corrected chi connectivity index (χ3v) is 3.00. The number of aliphatic hydroxyl groups is 2. The van der Waals surface area contributed by atoms with Crippen molar-refractivity contribution in [1.82, 2.24) is 4.98 Å². The molecule has 2 atom stereocenters. The highest BCUT2D eigenvalue weighted by Crippen LogP contribution is 2.30. The van der Waals surface area contributed by atoms with Gasteiger partial charge in [-0.05, 0) is 6.07 Å². The average molecular weight is 279 g/mol. The van der Waals surface area contributed by atoms with Gasteiger partial charge in [0.1, 0.15) is 11.8 Å². The number of carboxylic acids is 1. The van der Waals surface area contributed by atoms with Crippen molar-refractivity contribution < 1.29 is 29.6 Å². The molecule has 0 saturated carbocycles. The highest BCUT2D eigenvalue weighted by Gasteiger charge is 2.32. The summed E-state index contributed by atoms with van der Waals surface area (Å²) < 4.78 is 4.34. The highest BCUT2D eigenvalue weighted by molar-refractivity contribution is 5.98. The quantitative estimate of drug-likeness (QED) is 0.602. The molecule has 20 heavy (non-hydrogen) atoms. The van der Waals surface area contributed by atoms with Crippen LogP contribution in [0.15, 0.2) is 24.3 Å². The first kappa shape index (κ1) is 14.0. The molecule has 7 heteroatoms. The minimum atomic E-state index is -1.86. The van der Waals surface area contributed by atoms with Crippen LogP contribution in [0, 0.1) is 0 Å². The number of fused-ring (bicyclic) bond motifs is 1. The Morgan fingerprint density at radius 1 is 1.25 bits per heavy atom. The molecule has 0 aliphatic heterocycles. The predicted octanol–water partition coefficient (Wildman–Crippen LogP) is 0.433. The molecule has 1 aromatic carbocycles. The lowest BCUT2D eigenvalue weighted by atomic mass is 10.0. The van der Waals surface area contributed by atoms with Crippen molar-refractivity contribution in [3.8, 4) is 0 Å². The Bertz CT molecular complexity index is 662. The maximum absolute atomic E-state index is 11.3. The van der Waals surface area contributed by atoms with Crippen LogP contribution in [0.2, 0.25) is 0 Å². The van der Waals surface area contributed by atoms with Crippen LogP contribution < -0.4 is 0 Å². The number of benzene rings is 1. The van der Waals surface area contributed by atoms with E-state index in [9.17, 15) is 19.8 Å². The van der Waals surface area contributed by atoms with Gasteiger partial charge in [0, 0.05) is 16.5 Å². The number of hydrogen-bond acceptors (Lipinski definition) is 5. The second-order valence-corrected chi connectivity index (χ2v) is 4.18. The Hall–Kier alpha value is -2.38. The summed E-state index contributed by atoms with van der Waals surface area (Å²) >= 11 is 0. The maximum Gasteiger partial charge on any atom is 0.352 e. The Kier molecular flexibility index (Phi) is 3.73. The normalized spacial score (nSPS) is 13.9. The number of aromatic nitrogens is 1. The largest absolute Gasteiger partial charge is 0.477 e. The first-order valence-electron chi connectivity index (χ1n) is 5.75. The molecule has 0 amide bonds. The summed E-state index contributed by atoms with van der Waals surface area (Å²) in [5, 5.41) is 29.3. The van der Waals surface area contributed by atoms with Crippen LogP contribution in [0.4, 0.5) is 0 Å². The zero-order valence-corrected chi connectivity index (χ0v) is 10.5. The van der Waals surface area contributed by atoms with Gasteiger partial charge >= 0.3 is 11.9 Å². The van der Waals surface area contributed by atoms with E-state index >= 15 is 0 Å². The monoisotopic (exact) mass is 279 g/mol. The Morgan fingerprint density at radius 2 is 1.90 bits per heavy atom. The van der Waals surface area contributed by atoms with Gasteiger partial charge in [-0.2, -0.15) is 0 Å². The van der Waals surface area contributed by atoms with Crippen LogP contribution in [0.1, 0.15) is 22.2 Å². The molecular weight excluding hydrogens is 266 g/mol. The molecule has 0 fully saturated rings. The van der Waals surface area contributed by atoms with Crippen LogP contribution in [0.3, 0.4) is 0 Å². The number of methoxy groups -OCH3 is 1. The van der Waals surface area contributed by atoms with E-state index in [0.717, 1.165) is 7.11 Å². The maximum atomic E-state index is 11.3. The van der Waals surface area contributed by atoms with Crippen LogP contribution in [0.5, 0.6) is 0 Å². The van der Waals surface area contributed by atoms with Crippen molar-refractivity contribution >= 4 is 22.8 Å². The molecule has 7 nitrogen and oxygen atoms in total. The number of para-hydroxylation sites is 1. The first-order valence-corrected chi connectivity index (χ1v) is 5.75. The zero-order chi connectivity index (χ0) is 14.9. The van der Waals surface area contributed by atoms with E-state index in [1.165, 1.54) is 0 Å². The molecule has 2 aromatic rings. The molecule has 106 valence electrons. The molecule has 1 heterocycles. The van der Waals surface area contributed by atoms with E-state index in [4.69, 9.17) is 5.11 Å². The van der Waals surface area contributed by atoms with Gasteiger partial charge < -0.3 is 25.0 Å². The Labute approximate surface area is 113 Å². The number of nitrogens with one attached hydrogen (secondary N) is 1. The summed E-state index contributed by atoms with van der Waals surface area (Å²) in [6.45, 7) is 0. The van der Waals surface area contributed by atoms with Gasteiger partial charge in [-0.15, -0.1) is 0 Å². The number of carboxylic acid groups (broad SMARTS) is 1. The topological polar surface area (TPSA) is 120 Å². The number of carbonyl (C=O) groups excluding carboxylic acids is 1. The van der Waals surface area contributed by atoms with Gasteiger partial charge in [-0.3, -0.25) is 0 Å². The van der Waals surface area contributed by atoms with Gasteiger partial charge in [-0.25, -0.2) is 9.59 Å². The standard InChI is InChI=1S/C13H13NO6/c1-20-13(19)11(16)10(15)8-6-4-2-3-5-7(6)14-9(8)12(17)18/h2-5,10-11,14-16H,1H3,(H,17,18). The fourth-order valence-electron chi connectivity index (χ4n) is 2.05. The molecule has 4 N–H and O–H groups in total. The second kappa shape index (κ2) is 5.32. The van der Waals surface area contributed by atoms with E-state index in [0.29, 0.717) is 10.9 Å². The SMILES string of the molecule is COC(=O)C(O)C(O)c1c(C(=O)O)[nH]c2ccccc12. The molecule has 2 rings (SSSR count). The fraction of sp³-hybridized carbons (Fsp3) is 0.231. The van der Waals surface area contributed by atoms with Gasteiger partial charge in [-0.1, -0.05) is 18.2 Å². The van der Waals surface area contributed by atoms with E-state index in [2.05, 4.69) is 9.72 Å². The van der Waals surface area contributed by atoms with Crippen LogP contribution in [-0.4, -0.2) is 45.5 Å². The van der Waals surface area contributed by atoms with Crippen molar-refractivity contribution in [3.05, 3.63) is 35.5 Å². The summed E-state index contributed by atoms with van der Waals surface area (Å²) in [7, 11) is 1.06. The molecule has 0 aliphatic rings. The first-order chi connectivity index (χ1) is 9.47. The van der Waals surface area contributed by atoms with Gasteiger partial charge in [0.15, 0.2) is 6.10 Å². The van der Waals surface area contributed by atoms with Gasteiger partial charge in [0.05, 0.1) is 7.11 Å².